The second-order valence-corrected chi connectivity index (χ2v) is 6.81. The lowest BCUT2D eigenvalue weighted by Crippen LogP contribution is -2.26. The number of nitrogens with one attached hydrogen (secondary N) is 1. The monoisotopic (exact) mass is 309 g/mol. The summed E-state index contributed by atoms with van der Waals surface area (Å²) in [6.45, 7) is 7.04. The molecule has 0 unspecified atom stereocenters. The van der Waals surface area contributed by atoms with Crippen LogP contribution in [0.5, 0.6) is 0 Å². The first kappa shape index (κ1) is 16.4. The SMILES string of the molecule is CCCNC(=O)CSc1nc(C)c(C)n1C1CCCCC1. The third-order valence-corrected chi connectivity index (χ3v) is 5.15. The zero-order valence-electron chi connectivity index (χ0n) is 13.4. The number of carbonyl (C=O) groups is 1. The zero-order valence-corrected chi connectivity index (χ0v) is 14.3. The molecule has 0 saturated heterocycles. The Hall–Kier alpha value is -0.970. The minimum atomic E-state index is 0.107. The molecule has 1 saturated carbocycles. The van der Waals surface area contributed by atoms with Gasteiger partial charge in [0.15, 0.2) is 5.16 Å². The van der Waals surface area contributed by atoms with Crippen molar-refractivity contribution in [3.05, 3.63) is 11.4 Å². The van der Waals surface area contributed by atoms with E-state index in [0.717, 1.165) is 23.8 Å². The van der Waals surface area contributed by atoms with Gasteiger partial charge < -0.3 is 9.88 Å². The van der Waals surface area contributed by atoms with Gasteiger partial charge in [-0.05, 0) is 33.1 Å². The molecule has 0 aromatic carbocycles. The number of aromatic nitrogens is 2. The number of hydrogen-bond acceptors (Lipinski definition) is 3. The predicted molar refractivity (Wildman–Crippen MR) is 87.8 cm³/mol. The van der Waals surface area contributed by atoms with E-state index in [1.54, 1.807) is 11.8 Å². The molecule has 1 N–H and O–H groups in total. The predicted octanol–water partition coefficient (Wildman–Crippen LogP) is 3.62. The summed E-state index contributed by atoms with van der Waals surface area (Å²) in [4.78, 5) is 16.5. The molecule has 21 heavy (non-hydrogen) atoms. The van der Waals surface area contributed by atoms with Crippen LogP contribution in [0.15, 0.2) is 5.16 Å². The molecule has 2 rings (SSSR count). The molecule has 1 aliphatic rings. The van der Waals surface area contributed by atoms with E-state index < -0.39 is 0 Å². The van der Waals surface area contributed by atoms with E-state index in [4.69, 9.17) is 0 Å². The molecule has 0 spiro atoms. The topological polar surface area (TPSA) is 46.9 Å². The van der Waals surface area contributed by atoms with Crippen molar-refractivity contribution in [3.63, 3.8) is 0 Å². The Morgan fingerprint density at radius 1 is 1.33 bits per heavy atom. The molecule has 4 nitrogen and oxygen atoms in total. The van der Waals surface area contributed by atoms with E-state index in [1.165, 1.54) is 37.8 Å². The molecule has 1 aromatic rings. The smallest absolute Gasteiger partial charge is 0.230 e. The van der Waals surface area contributed by atoms with Crippen LogP contribution in [0.25, 0.3) is 0 Å². The molecule has 5 heteroatoms. The highest BCUT2D eigenvalue weighted by Gasteiger charge is 2.22. The number of hydrogen-bond donors (Lipinski definition) is 1. The summed E-state index contributed by atoms with van der Waals surface area (Å²) in [5.74, 6) is 0.568. The van der Waals surface area contributed by atoms with Crippen LogP contribution in [-0.2, 0) is 4.79 Å². The Morgan fingerprint density at radius 2 is 2.05 bits per heavy atom. The second kappa shape index (κ2) is 7.87. The fraction of sp³-hybridized carbons (Fsp3) is 0.750. The Morgan fingerprint density at radius 3 is 2.71 bits per heavy atom. The molecule has 1 aromatic heterocycles. The number of carbonyl (C=O) groups excluding carboxylic acids is 1. The first-order valence-electron chi connectivity index (χ1n) is 8.08. The Labute approximate surface area is 132 Å². The van der Waals surface area contributed by atoms with Gasteiger partial charge in [-0.3, -0.25) is 4.79 Å². The van der Waals surface area contributed by atoms with Crippen LogP contribution >= 0.6 is 11.8 Å². The van der Waals surface area contributed by atoms with E-state index in [0.29, 0.717) is 11.8 Å². The van der Waals surface area contributed by atoms with Crippen LogP contribution in [-0.4, -0.2) is 27.8 Å². The molecule has 0 radical (unpaired) electrons. The third-order valence-electron chi connectivity index (χ3n) is 4.20. The first-order valence-corrected chi connectivity index (χ1v) is 9.07. The summed E-state index contributed by atoms with van der Waals surface area (Å²) in [5.41, 5.74) is 2.36. The average molecular weight is 309 g/mol. The molecule has 118 valence electrons. The first-order chi connectivity index (χ1) is 10.1. The van der Waals surface area contributed by atoms with Gasteiger partial charge in [-0.2, -0.15) is 0 Å². The number of imidazole rings is 1. The van der Waals surface area contributed by atoms with E-state index in [-0.39, 0.29) is 5.91 Å². The quantitative estimate of drug-likeness (QED) is 0.816. The molecule has 1 amide bonds. The summed E-state index contributed by atoms with van der Waals surface area (Å²) >= 11 is 1.57. The summed E-state index contributed by atoms with van der Waals surface area (Å²) < 4.78 is 2.38. The standard InChI is InChI=1S/C16H27N3OS/c1-4-10-17-15(20)11-21-16-18-12(2)13(3)19(16)14-8-6-5-7-9-14/h14H,4-11H2,1-3H3,(H,17,20). The lowest BCUT2D eigenvalue weighted by Gasteiger charge is -2.26. The van der Waals surface area contributed by atoms with Crippen molar-refractivity contribution in [2.24, 2.45) is 0 Å². The van der Waals surface area contributed by atoms with Gasteiger partial charge in [0, 0.05) is 18.3 Å². The fourth-order valence-electron chi connectivity index (χ4n) is 2.91. The average Bonchev–Trinajstić information content (AvgIpc) is 2.79. The highest BCUT2D eigenvalue weighted by molar-refractivity contribution is 7.99. The maximum atomic E-state index is 11.8. The van der Waals surface area contributed by atoms with E-state index in [1.807, 2.05) is 0 Å². The molecular weight excluding hydrogens is 282 g/mol. The van der Waals surface area contributed by atoms with Gasteiger partial charge in [-0.1, -0.05) is 37.9 Å². The van der Waals surface area contributed by atoms with Crippen molar-refractivity contribution in [2.75, 3.05) is 12.3 Å². The molecule has 1 fully saturated rings. The van der Waals surface area contributed by atoms with Gasteiger partial charge in [0.1, 0.15) is 0 Å². The van der Waals surface area contributed by atoms with Crippen LogP contribution in [0.1, 0.15) is 62.9 Å². The zero-order chi connectivity index (χ0) is 15.2. The van der Waals surface area contributed by atoms with Crippen molar-refractivity contribution in [1.82, 2.24) is 14.9 Å². The van der Waals surface area contributed by atoms with Crippen LogP contribution in [0.3, 0.4) is 0 Å². The Balaban J connectivity index is 2.04. The van der Waals surface area contributed by atoms with Gasteiger partial charge in [0.25, 0.3) is 0 Å². The highest BCUT2D eigenvalue weighted by Crippen LogP contribution is 2.34. The number of aryl methyl sites for hydroxylation is 1. The van der Waals surface area contributed by atoms with Gasteiger partial charge in [-0.15, -0.1) is 0 Å². The highest BCUT2D eigenvalue weighted by atomic mass is 32.2. The molecule has 0 bridgehead atoms. The molecule has 1 aliphatic carbocycles. The van der Waals surface area contributed by atoms with Gasteiger partial charge in [0.2, 0.25) is 5.91 Å². The van der Waals surface area contributed by atoms with Crippen molar-refractivity contribution >= 4 is 17.7 Å². The molecule has 0 atom stereocenters. The van der Waals surface area contributed by atoms with Crippen molar-refractivity contribution in [3.8, 4) is 0 Å². The van der Waals surface area contributed by atoms with Crippen molar-refractivity contribution in [1.29, 1.82) is 0 Å². The van der Waals surface area contributed by atoms with E-state index >= 15 is 0 Å². The molecular formula is C16H27N3OS. The van der Waals surface area contributed by atoms with Crippen molar-refractivity contribution < 1.29 is 4.79 Å². The van der Waals surface area contributed by atoms with Crippen LogP contribution in [0.4, 0.5) is 0 Å². The van der Waals surface area contributed by atoms with Crippen LogP contribution < -0.4 is 5.32 Å². The van der Waals surface area contributed by atoms with Crippen LogP contribution in [0, 0.1) is 13.8 Å². The second-order valence-electron chi connectivity index (χ2n) is 5.87. The largest absolute Gasteiger partial charge is 0.355 e. The summed E-state index contributed by atoms with van der Waals surface area (Å²) in [7, 11) is 0. The number of nitrogens with zero attached hydrogens (tertiary/aromatic N) is 2. The fourth-order valence-corrected chi connectivity index (χ4v) is 3.90. The van der Waals surface area contributed by atoms with Gasteiger partial charge in [0.05, 0.1) is 11.4 Å². The lowest BCUT2D eigenvalue weighted by molar-refractivity contribution is -0.118. The minimum absolute atomic E-state index is 0.107. The normalized spacial score (nSPS) is 16.1. The van der Waals surface area contributed by atoms with Crippen LogP contribution in [0.2, 0.25) is 0 Å². The maximum Gasteiger partial charge on any atom is 0.230 e. The number of rotatable bonds is 6. The minimum Gasteiger partial charge on any atom is -0.355 e. The summed E-state index contributed by atoms with van der Waals surface area (Å²) in [6, 6.07) is 0.571. The van der Waals surface area contributed by atoms with E-state index in [9.17, 15) is 4.79 Å². The lowest BCUT2D eigenvalue weighted by atomic mass is 9.95. The van der Waals surface area contributed by atoms with Gasteiger partial charge in [-0.25, -0.2) is 4.98 Å². The van der Waals surface area contributed by atoms with Gasteiger partial charge >= 0.3 is 0 Å². The number of amides is 1. The number of thioether (sulfide) groups is 1. The Kier molecular flexibility index (Phi) is 6.15. The third kappa shape index (κ3) is 4.25. The maximum absolute atomic E-state index is 11.8. The van der Waals surface area contributed by atoms with Crippen molar-refractivity contribution in [2.45, 2.75) is 70.5 Å². The summed E-state index contributed by atoms with van der Waals surface area (Å²) in [5, 5.41) is 3.94. The molecule has 1 heterocycles. The summed E-state index contributed by atoms with van der Waals surface area (Å²) in [6.07, 6.45) is 7.43. The molecule has 0 aliphatic heterocycles. The van der Waals surface area contributed by atoms with E-state index in [2.05, 4.69) is 35.6 Å². The Bertz CT molecular complexity index is 478.